The van der Waals surface area contributed by atoms with Crippen LogP contribution in [-0.4, -0.2) is 50.4 Å². The fraction of sp³-hybridized carbons (Fsp3) is 0.174. The topological polar surface area (TPSA) is 108 Å². The fourth-order valence-corrected chi connectivity index (χ4v) is 4.31. The predicted molar refractivity (Wildman–Crippen MR) is 123 cm³/mol. The molecule has 1 saturated heterocycles. The van der Waals surface area contributed by atoms with Gasteiger partial charge in [-0.15, -0.1) is 5.10 Å². The van der Waals surface area contributed by atoms with Crippen molar-refractivity contribution in [3.63, 3.8) is 0 Å². The van der Waals surface area contributed by atoms with Crippen LogP contribution in [0.15, 0.2) is 65.5 Å². The van der Waals surface area contributed by atoms with Crippen molar-refractivity contribution in [1.29, 1.82) is 0 Å². The Morgan fingerprint density at radius 3 is 2.39 bits per heavy atom. The van der Waals surface area contributed by atoms with E-state index >= 15 is 0 Å². The number of anilines is 1. The molecule has 0 unspecified atom stereocenters. The summed E-state index contributed by atoms with van der Waals surface area (Å²) < 4.78 is 8.65. The molecule has 0 bridgehead atoms. The van der Waals surface area contributed by atoms with Gasteiger partial charge >= 0.3 is 0 Å². The van der Waals surface area contributed by atoms with Crippen LogP contribution in [0.25, 0.3) is 33.3 Å². The number of non-ortho nitro benzene ring substituents is 1. The second-order valence-corrected chi connectivity index (χ2v) is 7.80. The molecule has 0 spiro atoms. The minimum atomic E-state index is -0.465. The average molecular weight is 442 g/mol. The lowest BCUT2D eigenvalue weighted by molar-refractivity contribution is -0.384. The molecule has 0 saturated carbocycles. The molecular weight excluding hydrogens is 424 g/mol. The van der Waals surface area contributed by atoms with Gasteiger partial charge in [-0.1, -0.05) is 18.2 Å². The van der Waals surface area contributed by atoms with Crippen LogP contribution in [0.4, 0.5) is 11.5 Å². The molecule has 33 heavy (non-hydrogen) atoms. The molecule has 164 valence electrons. The summed E-state index contributed by atoms with van der Waals surface area (Å²) in [6, 6.07) is 17.0. The highest BCUT2D eigenvalue weighted by atomic mass is 16.6. The predicted octanol–water partition coefficient (Wildman–Crippen LogP) is 2.93. The van der Waals surface area contributed by atoms with Gasteiger partial charge in [-0.25, -0.2) is 4.98 Å². The molecule has 6 rings (SSSR count). The molecule has 2 aromatic carbocycles. The number of pyridine rings is 1. The molecule has 10 nitrogen and oxygen atoms in total. The Balaban J connectivity index is 1.69. The van der Waals surface area contributed by atoms with E-state index in [0.717, 1.165) is 24.3 Å². The number of hydrogen-bond acceptors (Lipinski definition) is 7. The highest BCUT2D eigenvalue weighted by Gasteiger charge is 2.20. The second-order valence-electron chi connectivity index (χ2n) is 7.80. The second kappa shape index (κ2) is 7.38. The Morgan fingerprint density at radius 2 is 1.67 bits per heavy atom. The van der Waals surface area contributed by atoms with Gasteiger partial charge in [0.1, 0.15) is 11.3 Å². The summed E-state index contributed by atoms with van der Waals surface area (Å²) in [6.45, 7) is 2.71. The van der Waals surface area contributed by atoms with Crippen LogP contribution in [0, 0.1) is 10.1 Å². The summed E-state index contributed by atoms with van der Waals surface area (Å²) in [7, 11) is 0. The summed E-state index contributed by atoms with van der Waals surface area (Å²) >= 11 is 0. The average Bonchev–Trinajstić information content (AvgIpc) is 3.24. The van der Waals surface area contributed by atoms with Crippen molar-refractivity contribution in [2.24, 2.45) is 0 Å². The lowest BCUT2D eigenvalue weighted by Gasteiger charge is -2.27. The molecule has 0 radical (unpaired) electrons. The number of rotatable bonds is 3. The molecule has 0 atom stereocenters. The molecule has 1 fully saturated rings. The maximum atomic E-state index is 13.6. The standard InChI is InChI=1S/C23H18N6O4/c30-23-18-4-2-1-3-17(18)21-22(27(23)15-5-7-16(8-6-15)29(31)32)28-19(24-21)9-10-20(25-28)26-11-13-33-14-12-26/h1-10H,11-14H2. The number of imidazole rings is 1. The number of hydrogen-bond donors (Lipinski definition) is 0. The number of morpholine rings is 1. The highest BCUT2D eigenvalue weighted by molar-refractivity contribution is 6.04. The van der Waals surface area contributed by atoms with Crippen molar-refractivity contribution < 1.29 is 9.66 Å². The van der Waals surface area contributed by atoms with Crippen LogP contribution >= 0.6 is 0 Å². The quantitative estimate of drug-likeness (QED) is 0.312. The van der Waals surface area contributed by atoms with Gasteiger partial charge in [0.05, 0.1) is 23.8 Å². The largest absolute Gasteiger partial charge is 0.378 e. The van der Waals surface area contributed by atoms with Crippen molar-refractivity contribution >= 4 is 39.1 Å². The molecule has 1 aliphatic heterocycles. The Kier molecular flexibility index (Phi) is 4.34. The molecule has 10 heteroatoms. The minimum absolute atomic E-state index is 0.0466. The van der Waals surface area contributed by atoms with Crippen LogP contribution in [0.3, 0.4) is 0 Å². The number of aromatic nitrogens is 4. The number of nitrogens with zero attached hydrogens (tertiary/aromatic N) is 6. The van der Waals surface area contributed by atoms with Gasteiger partial charge in [-0.3, -0.25) is 19.5 Å². The molecule has 1 aliphatic rings. The molecule has 0 amide bonds. The first kappa shape index (κ1) is 19.4. The molecule has 0 N–H and O–H groups in total. The number of nitro benzene ring substituents is 1. The zero-order valence-electron chi connectivity index (χ0n) is 17.4. The first-order valence-electron chi connectivity index (χ1n) is 10.5. The normalized spacial score (nSPS) is 14.4. The van der Waals surface area contributed by atoms with E-state index in [9.17, 15) is 14.9 Å². The number of nitro groups is 1. The van der Waals surface area contributed by atoms with E-state index in [-0.39, 0.29) is 11.2 Å². The van der Waals surface area contributed by atoms with Crippen LogP contribution in [0.5, 0.6) is 0 Å². The smallest absolute Gasteiger partial charge is 0.269 e. The van der Waals surface area contributed by atoms with E-state index in [4.69, 9.17) is 14.8 Å². The monoisotopic (exact) mass is 442 g/mol. The van der Waals surface area contributed by atoms with E-state index in [1.807, 2.05) is 24.3 Å². The number of ether oxygens (including phenoxy) is 1. The fourth-order valence-electron chi connectivity index (χ4n) is 4.31. The molecule has 3 aromatic heterocycles. The minimum Gasteiger partial charge on any atom is -0.378 e. The van der Waals surface area contributed by atoms with Crippen LogP contribution in [-0.2, 0) is 4.74 Å². The van der Waals surface area contributed by atoms with Crippen LogP contribution in [0.1, 0.15) is 0 Å². The van der Waals surface area contributed by atoms with Crippen molar-refractivity contribution in [1.82, 2.24) is 19.2 Å². The van der Waals surface area contributed by atoms with E-state index < -0.39 is 4.92 Å². The van der Waals surface area contributed by atoms with Crippen molar-refractivity contribution in [3.05, 3.63) is 81.1 Å². The van der Waals surface area contributed by atoms with Gasteiger partial charge in [0.15, 0.2) is 11.3 Å². The molecule has 4 heterocycles. The third-order valence-corrected chi connectivity index (χ3v) is 5.92. The van der Waals surface area contributed by atoms with Gasteiger partial charge in [-0.05, 0) is 30.3 Å². The third-order valence-electron chi connectivity index (χ3n) is 5.92. The van der Waals surface area contributed by atoms with Crippen LogP contribution in [0.2, 0.25) is 0 Å². The van der Waals surface area contributed by atoms with E-state index in [1.165, 1.54) is 16.7 Å². The number of fused-ring (bicyclic) bond motifs is 5. The first-order valence-corrected chi connectivity index (χ1v) is 10.5. The van der Waals surface area contributed by atoms with Crippen molar-refractivity contribution in [3.8, 4) is 5.69 Å². The Bertz CT molecular complexity index is 1600. The summed E-state index contributed by atoms with van der Waals surface area (Å²) in [5.74, 6) is 0.765. The Morgan fingerprint density at radius 1 is 0.939 bits per heavy atom. The first-order chi connectivity index (χ1) is 16.1. The van der Waals surface area contributed by atoms with Gasteiger partial charge < -0.3 is 9.64 Å². The van der Waals surface area contributed by atoms with Crippen LogP contribution < -0.4 is 10.5 Å². The summed E-state index contributed by atoms with van der Waals surface area (Å²) in [5, 5.41) is 17.2. The van der Waals surface area contributed by atoms with Gasteiger partial charge in [0.2, 0.25) is 0 Å². The van der Waals surface area contributed by atoms with E-state index in [2.05, 4.69) is 4.90 Å². The summed E-state index contributed by atoms with van der Waals surface area (Å²) in [4.78, 5) is 31.2. The van der Waals surface area contributed by atoms with Gasteiger partial charge in [0, 0.05) is 36.0 Å². The van der Waals surface area contributed by atoms with E-state index in [1.54, 1.807) is 28.8 Å². The van der Waals surface area contributed by atoms with Gasteiger partial charge in [0.25, 0.3) is 11.2 Å². The SMILES string of the molecule is O=c1c2ccccc2c2nc3ccc(N4CCOCC4)nn3c2n1-c1ccc([N+](=O)[O-])cc1. The molecule has 0 aliphatic carbocycles. The maximum Gasteiger partial charge on any atom is 0.269 e. The highest BCUT2D eigenvalue weighted by Crippen LogP contribution is 2.27. The van der Waals surface area contributed by atoms with Crippen molar-refractivity contribution in [2.75, 3.05) is 31.2 Å². The number of benzene rings is 2. The zero-order valence-corrected chi connectivity index (χ0v) is 17.4. The maximum absolute atomic E-state index is 13.6. The zero-order chi connectivity index (χ0) is 22.5. The third kappa shape index (κ3) is 3.03. The van der Waals surface area contributed by atoms with Gasteiger partial charge in [-0.2, -0.15) is 4.52 Å². The van der Waals surface area contributed by atoms with E-state index in [0.29, 0.717) is 41.1 Å². The Labute approximate surface area is 186 Å². The summed E-state index contributed by atoms with van der Waals surface area (Å²) in [5.41, 5.74) is 1.96. The molecule has 5 aromatic rings. The lowest BCUT2D eigenvalue weighted by atomic mass is 10.1. The summed E-state index contributed by atoms with van der Waals surface area (Å²) in [6.07, 6.45) is 0. The Hall–Kier alpha value is -4.31. The van der Waals surface area contributed by atoms with Crippen molar-refractivity contribution in [2.45, 2.75) is 0 Å². The lowest BCUT2D eigenvalue weighted by Crippen LogP contribution is -2.37. The molecular formula is C23H18N6O4.